The standard InChI is InChI=1S/C16H32N4/c1-5-15-13-17-8-4-12-20-10-2-6-16(20)14-18-7-3-11-19(15)9-1/h15-18H,1-14H2/t15-,16-/m0/s1. The molecule has 20 heavy (non-hydrogen) atoms. The van der Waals surface area contributed by atoms with Crippen LogP contribution in [-0.2, 0) is 0 Å². The first-order valence-corrected chi connectivity index (χ1v) is 8.83. The van der Waals surface area contributed by atoms with Crippen LogP contribution in [0.25, 0.3) is 0 Å². The molecule has 0 radical (unpaired) electrons. The van der Waals surface area contributed by atoms with Crippen molar-refractivity contribution in [3.05, 3.63) is 0 Å². The highest BCUT2D eigenvalue weighted by molar-refractivity contribution is 4.83. The fourth-order valence-electron chi connectivity index (χ4n) is 4.19. The van der Waals surface area contributed by atoms with Crippen molar-refractivity contribution in [3.8, 4) is 0 Å². The highest BCUT2D eigenvalue weighted by Gasteiger charge is 2.25. The summed E-state index contributed by atoms with van der Waals surface area (Å²) >= 11 is 0. The second-order valence-electron chi connectivity index (χ2n) is 6.78. The van der Waals surface area contributed by atoms with Crippen LogP contribution < -0.4 is 10.6 Å². The molecule has 4 nitrogen and oxygen atoms in total. The van der Waals surface area contributed by atoms with E-state index in [1.807, 2.05) is 0 Å². The molecule has 0 aromatic carbocycles. The van der Waals surface area contributed by atoms with Gasteiger partial charge in [0.2, 0.25) is 0 Å². The molecule has 0 aromatic heterocycles. The quantitative estimate of drug-likeness (QED) is 0.690. The maximum atomic E-state index is 3.71. The van der Waals surface area contributed by atoms with Gasteiger partial charge in [-0.2, -0.15) is 0 Å². The van der Waals surface area contributed by atoms with E-state index in [1.54, 1.807) is 0 Å². The maximum absolute atomic E-state index is 3.71. The van der Waals surface area contributed by atoms with Gasteiger partial charge in [0.05, 0.1) is 0 Å². The van der Waals surface area contributed by atoms with Crippen LogP contribution in [0.15, 0.2) is 0 Å². The number of hydrogen-bond donors (Lipinski definition) is 2. The zero-order valence-corrected chi connectivity index (χ0v) is 12.9. The normalized spacial score (nSPS) is 35.4. The van der Waals surface area contributed by atoms with E-state index in [4.69, 9.17) is 0 Å². The lowest BCUT2D eigenvalue weighted by molar-refractivity contribution is 0.222. The van der Waals surface area contributed by atoms with Crippen molar-refractivity contribution in [3.63, 3.8) is 0 Å². The molecule has 0 bridgehead atoms. The number of nitrogens with zero attached hydrogens (tertiary/aromatic N) is 2. The van der Waals surface area contributed by atoms with Crippen LogP contribution in [0.2, 0.25) is 0 Å². The molecule has 0 unspecified atom stereocenters. The van der Waals surface area contributed by atoms with E-state index in [0.29, 0.717) is 0 Å². The number of nitrogens with one attached hydrogen (secondary N) is 2. The van der Waals surface area contributed by atoms with Gasteiger partial charge >= 0.3 is 0 Å². The van der Waals surface area contributed by atoms with Crippen molar-refractivity contribution in [2.75, 3.05) is 52.4 Å². The minimum Gasteiger partial charge on any atom is -0.315 e. The Morgan fingerprint density at radius 3 is 1.55 bits per heavy atom. The Hall–Kier alpha value is -0.160. The molecule has 3 aliphatic heterocycles. The Balaban J connectivity index is 1.49. The SMILES string of the molecule is C1CNC[C@@H]2CCCN2CCCNC[C@@H]2CCCN2C1. The molecule has 3 fully saturated rings. The molecule has 3 saturated heterocycles. The average molecular weight is 280 g/mol. The van der Waals surface area contributed by atoms with Crippen LogP contribution in [0, 0.1) is 0 Å². The summed E-state index contributed by atoms with van der Waals surface area (Å²) in [6.45, 7) is 10.0. The predicted octanol–water partition coefficient (Wildman–Crippen LogP) is 0.888. The largest absolute Gasteiger partial charge is 0.315 e. The van der Waals surface area contributed by atoms with Crippen LogP contribution in [0.1, 0.15) is 38.5 Å². The van der Waals surface area contributed by atoms with Gasteiger partial charge in [-0.1, -0.05) is 0 Å². The monoisotopic (exact) mass is 280 g/mol. The fraction of sp³-hybridized carbons (Fsp3) is 1.00. The predicted molar refractivity (Wildman–Crippen MR) is 84.2 cm³/mol. The first-order valence-electron chi connectivity index (χ1n) is 8.83. The van der Waals surface area contributed by atoms with Gasteiger partial charge in [0.25, 0.3) is 0 Å². The van der Waals surface area contributed by atoms with Gasteiger partial charge in [0.15, 0.2) is 0 Å². The lowest BCUT2D eigenvalue weighted by atomic mass is 10.2. The molecule has 0 aliphatic carbocycles. The van der Waals surface area contributed by atoms with Crippen LogP contribution in [-0.4, -0.2) is 74.2 Å². The van der Waals surface area contributed by atoms with Crippen molar-refractivity contribution in [2.45, 2.75) is 50.6 Å². The first-order chi connectivity index (χ1) is 9.93. The first kappa shape index (κ1) is 14.8. The molecular formula is C16H32N4. The Morgan fingerprint density at radius 1 is 0.600 bits per heavy atom. The van der Waals surface area contributed by atoms with Crippen LogP contribution in [0.4, 0.5) is 0 Å². The summed E-state index contributed by atoms with van der Waals surface area (Å²) in [5.41, 5.74) is 0. The summed E-state index contributed by atoms with van der Waals surface area (Å²) in [6, 6.07) is 1.61. The van der Waals surface area contributed by atoms with Crippen molar-refractivity contribution in [1.29, 1.82) is 0 Å². The molecule has 3 heterocycles. The number of rotatable bonds is 0. The Kier molecular flexibility index (Phi) is 5.71. The zero-order chi connectivity index (χ0) is 13.6. The van der Waals surface area contributed by atoms with E-state index in [0.717, 1.165) is 12.1 Å². The summed E-state index contributed by atoms with van der Waals surface area (Å²) in [5.74, 6) is 0. The fourth-order valence-corrected chi connectivity index (χ4v) is 4.19. The minimum atomic E-state index is 0.803. The van der Waals surface area contributed by atoms with Gasteiger partial charge in [-0.25, -0.2) is 0 Å². The lowest BCUT2D eigenvalue weighted by Crippen LogP contribution is -2.43. The van der Waals surface area contributed by atoms with Crippen molar-refractivity contribution >= 4 is 0 Å². The van der Waals surface area contributed by atoms with E-state index in [1.165, 1.54) is 90.9 Å². The third-order valence-corrected chi connectivity index (χ3v) is 5.36. The zero-order valence-electron chi connectivity index (χ0n) is 12.9. The maximum Gasteiger partial charge on any atom is 0.0221 e. The number of fused-ring (bicyclic) bond motifs is 2. The van der Waals surface area contributed by atoms with Gasteiger partial charge in [0.1, 0.15) is 0 Å². The van der Waals surface area contributed by atoms with E-state index in [9.17, 15) is 0 Å². The second kappa shape index (κ2) is 7.74. The Labute approximate surface area is 124 Å². The smallest absolute Gasteiger partial charge is 0.0221 e. The summed E-state index contributed by atoms with van der Waals surface area (Å²) < 4.78 is 0. The van der Waals surface area contributed by atoms with Gasteiger partial charge in [-0.05, 0) is 77.8 Å². The molecule has 116 valence electrons. The summed E-state index contributed by atoms with van der Waals surface area (Å²) in [6.07, 6.45) is 8.21. The van der Waals surface area contributed by atoms with Crippen molar-refractivity contribution in [2.24, 2.45) is 0 Å². The minimum absolute atomic E-state index is 0.803. The average Bonchev–Trinajstić information content (AvgIpc) is 3.07. The molecule has 2 atom stereocenters. The molecular weight excluding hydrogens is 248 g/mol. The molecule has 2 N–H and O–H groups in total. The van der Waals surface area contributed by atoms with Crippen molar-refractivity contribution in [1.82, 2.24) is 20.4 Å². The number of hydrogen-bond acceptors (Lipinski definition) is 4. The Bertz CT molecular complexity index is 232. The van der Waals surface area contributed by atoms with Gasteiger partial charge in [0, 0.05) is 25.2 Å². The Morgan fingerprint density at radius 2 is 1.05 bits per heavy atom. The van der Waals surface area contributed by atoms with Gasteiger partial charge in [-0.3, -0.25) is 9.80 Å². The third-order valence-electron chi connectivity index (χ3n) is 5.36. The van der Waals surface area contributed by atoms with Crippen molar-refractivity contribution < 1.29 is 0 Å². The van der Waals surface area contributed by atoms with Crippen LogP contribution in [0.3, 0.4) is 0 Å². The molecule has 0 amide bonds. The lowest BCUT2D eigenvalue weighted by Gasteiger charge is -2.28. The van der Waals surface area contributed by atoms with Crippen LogP contribution in [0.5, 0.6) is 0 Å². The van der Waals surface area contributed by atoms with E-state index in [-0.39, 0.29) is 0 Å². The second-order valence-corrected chi connectivity index (χ2v) is 6.78. The summed E-state index contributed by atoms with van der Waals surface area (Å²) in [7, 11) is 0. The highest BCUT2D eigenvalue weighted by Crippen LogP contribution is 2.18. The van der Waals surface area contributed by atoms with Gasteiger partial charge < -0.3 is 10.6 Å². The molecule has 4 heteroatoms. The molecule has 3 aliphatic rings. The molecule has 0 aromatic rings. The van der Waals surface area contributed by atoms with Crippen LogP contribution >= 0.6 is 0 Å². The van der Waals surface area contributed by atoms with E-state index < -0.39 is 0 Å². The molecule has 0 spiro atoms. The topological polar surface area (TPSA) is 30.5 Å². The molecule has 0 saturated carbocycles. The van der Waals surface area contributed by atoms with E-state index in [2.05, 4.69) is 20.4 Å². The third kappa shape index (κ3) is 3.94. The van der Waals surface area contributed by atoms with Gasteiger partial charge in [-0.15, -0.1) is 0 Å². The van der Waals surface area contributed by atoms with E-state index >= 15 is 0 Å². The highest BCUT2D eigenvalue weighted by atomic mass is 15.2. The summed E-state index contributed by atoms with van der Waals surface area (Å²) in [5, 5.41) is 7.41. The summed E-state index contributed by atoms with van der Waals surface area (Å²) in [4.78, 5) is 5.42. The molecule has 3 rings (SSSR count).